The number of halogens is 2. The Bertz CT molecular complexity index is 1140. The lowest BCUT2D eigenvalue weighted by atomic mass is 9.91. The summed E-state index contributed by atoms with van der Waals surface area (Å²) in [7, 11) is -0.593. The molecule has 4 rings (SSSR count). The molecule has 0 saturated carbocycles. The van der Waals surface area contributed by atoms with Crippen molar-refractivity contribution >= 4 is 49.9 Å². The summed E-state index contributed by atoms with van der Waals surface area (Å²) in [5.41, 5.74) is 1.65. The van der Waals surface area contributed by atoms with Crippen molar-refractivity contribution in [1.29, 1.82) is 0 Å². The summed E-state index contributed by atoms with van der Waals surface area (Å²) >= 11 is 8.36. The molecule has 1 aliphatic heterocycles. The largest absolute Gasteiger partial charge is 0.480 e. The van der Waals surface area contributed by atoms with Crippen molar-refractivity contribution in [1.82, 2.24) is 28.7 Å². The average molecular weight is 537 g/mol. The molecular formula is C16H18ClIN6O3S. The van der Waals surface area contributed by atoms with E-state index in [4.69, 9.17) is 16.3 Å². The van der Waals surface area contributed by atoms with E-state index in [0.717, 1.165) is 5.56 Å². The van der Waals surface area contributed by atoms with Crippen molar-refractivity contribution in [3.8, 4) is 5.88 Å². The molecular weight excluding hydrogens is 519 g/mol. The second-order valence-corrected chi connectivity index (χ2v) is 9.87. The zero-order chi connectivity index (χ0) is 20.1. The number of piperidine rings is 1. The highest BCUT2D eigenvalue weighted by Gasteiger charge is 2.36. The number of sulfonamides is 1. The Morgan fingerprint density at radius 1 is 1.32 bits per heavy atom. The standard InChI is InChI=1S/C16H18ClIN6O3S/c1-22-16(27-2)14(15(18)21-22)28(25,26)23-5-3-10(4-6-23)11-8-24-13(7-12(11)17)19-9-20-24/h7-10H,3-6H2,1-2H3. The van der Waals surface area contributed by atoms with Crippen LogP contribution >= 0.6 is 34.2 Å². The van der Waals surface area contributed by atoms with Crippen molar-refractivity contribution in [3.05, 3.63) is 32.9 Å². The number of hydrogen-bond acceptors (Lipinski definition) is 6. The zero-order valence-electron chi connectivity index (χ0n) is 15.2. The van der Waals surface area contributed by atoms with Gasteiger partial charge in [-0.25, -0.2) is 22.6 Å². The van der Waals surface area contributed by atoms with Crippen LogP contribution in [0.1, 0.15) is 24.3 Å². The zero-order valence-corrected chi connectivity index (χ0v) is 18.9. The second kappa shape index (κ2) is 7.43. The van der Waals surface area contributed by atoms with Gasteiger partial charge < -0.3 is 4.74 Å². The van der Waals surface area contributed by atoms with Gasteiger partial charge in [-0.2, -0.15) is 14.5 Å². The van der Waals surface area contributed by atoms with Crippen LogP contribution in [0.5, 0.6) is 5.88 Å². The fourth-order valence-electron chi connectivity index (χ4n) is 3.59. The smallest absolute Gasteiger partial charge is 0.251 e. The number of pyridine rings is 1. The van der Waals surface area contributed by atoms with Crippen molar-refractivity contribution in [2.45, 2.75) is 23.7 Å². The molecule has 0 aromatic carbocycles. The molecule has 4 heterocycles. The third-order valence-electron chi connectivity index (χ3n) is 4.99. The minimum absolute atomic E-state index is 0.124. The maximum atomic E-state index is 13.2. The van der Waals surface area contributed by atoms with Gasteiger partial charge in [0.2, 0.25) is 5.88 Å². The van der Waals surface area contributed by atoms with E-state index in [-0.39, 0.29) is 16.7 Å². The van der Waals surface area contributed by atoms with E-state index in [1.807, 2.05) is 28.8 Å². The Morgan fingerprint density at radius 3 is 2.71 bits per heavy atom. The molecule has 0 atom stereocenters. The molecule has 0 amide bonds. The van der Waals surface area contributed by atoms with Gasteiger partial charge in [-0.3, -0.25) is 0 Å². The van der Waals surface area contributed by atoms with Crippen LogP contribution in [0.4, 0.5) is 0 Å². The van der Waals surface area contributed by atoms with Gasteiger partial charge in [0.05, 0.1) is 7.11 Å². The maximum Gasteiger partial charge on any atom is 0.251 e. The fraction of sp³-hybridized carbons (Fsp3) is 0.438. The van der Waals surface area contributed by atoms with E-state index in [1.165, 1.54) is 22.4 Å². The van der Waals surface area contributed by atoms with Gasteiger partial charge in [0.1, 0.15) is 10.0 Å². The molecule has 3 aromatic rings. The molecule has 1 fully saturated rings. The summed E-state index contributed by atoms with van der Waals surface area (Å²) < 4.78 is 36.7. The minimum Gasteiger partial charge on any atom is -0.480 e. The molecule has 3 aromatic heterocycles. The first-order valence-electron chi connectivity index (χ1n) is 8.58. The first kappa shape index (κ1) is 19.9. The molecule has 0 bridgehead atoms. The number of methoxy groups -OCH3 is 1. The third kappa shape index (κ3) is 3.27. The SMILES string of the molecule is COc1c(S(=O)(=O)N2CCC(c3cn4ncnc4cc3Cl)CC2)c(I)nn1C. The number of ether oxygens (including phenoxy) is 1. The number of hydrogen-bond donors (Lipinski definition) is 0. The fourth-order valence-corrected chi connectivity index (χ4v) is 6.92. The van der Waals surface area contributed by atoms with Crippen LogP contribution in [0.2, 0.25) is 5.02 Å². The van der Waals surface area contributed by atoms with E-state index >= 15 is 0 Å². The first-order valence-corrected chi connectivity index (χ1v) is 11.5. The summed E-state index contributed by atoms with van der Waals surface area (Å²) in [4.78, 5) is 4.25. The van der Waals surface area contributed by atoms with Gasteiger partial charge >= 0.3 is 0 Å². The van der Waals surface area contributed by atoms with Crippen LogP contribution in [0, 0.1) is 3.70 Å². The molecule has 1 aliphatic rings. The van der Waals surface area contributed by atoms with Crippen molar-refractivity contribution < 1.29 is 13.2 Å². The van der Waals surface area contributed by atoms with E-state index < -0.39 is 10.0 Å². The van der Waals surface area contributed by atoms with E-state index in [2.05, 4.69) is 15.2 Å². The van der Waals surface area contributed by atoms with Crippen LogP contribution < -0.4 is 4.74 Å². The molecule has 12 heteroatoms. The summed E-state index contributed by atoms with van der Waals surface area (Å²) in [5.74, 6) is 0.397. The lowest BCUT2D eigenvalue weighted by Gasteiger charge is -2.31. The van der Waals surface area contributed by atoms with Crippen molar-refractivity contribution in [2.75, 3.05) is 20.2 Å². The maximum absolute atomic E-state index is 13.2. The Hall–Kier alpha value is -1.44. The molecule has 9 nitrogen and oxygen atoms in total. The van der Waals surface area contributed by atoms with Gasteiger partial charge in [-0.15, -0.1) is 0 Å². The van der Waals surface area contributed by atoms with Crippen LogP contribution in [0.3, 0.4) is 0 Å². The topological polar surface area (TPSA) is 94.6 Å². The number of fused-ring (bicyclic) bond motifs is 1. The molecule has 0 aliphatic carbocycles. The molecule has 28 heavy (non-hydrogen) atoms. The van der Waals surface area contributed by atoms with Crippen LogP contribution in [-0.2, 0) is 17.1 Å². The monoisotopic (exact) mass is 536 g/mol. The second-order valence-electron chi connectivity index (χ2n) is 6.57. The minimum atomic E-state index is -3.70. The number of aromatic nitrogens is 5. The summed E-state index contributed by atoms with van der Waals surface area (Å²) in [6, 6.07) is 1.79. The van der Waals surface area contributed by atoms with Crippen molar-refractivity contribution in [3.63, 3.8) is 0 Å². The Morgan fingerprint density at radius 2 is 2.04 bits per heavy atom. The Balaban J connectivity index is 1.57. The van der Waals surface area contributed by atoms with Gasteiger partial charge in [0.15, 0.2) is 10.5 Å². The van der Waals surface area contributed by atoms with E-state index in [1.54, 1.807) is 17.6 Å². The van der Waals surface area contributed by atoms with Gasteiger partial charge in [0.25, 0.3) is 10.0 Å². The predicted octanol–water partition coefficient (Wildman–Crippen LogP) is 2.30. The molecule has 150 valence electrons. The number of aryl methyl sites for hydroxylation is 1. The lowest BCUT2D eigenvalue weighted by Crippen LogP contribution is -2.38. The van der Waals surface area contributed by atoms with Crippen LogP contribution in [0.25, 0.3) is 5.65 Å². The molecule has 0 radical (unpaired) electrons. The van der Waals surface area contributed by atoms with E-state index in [9.17, 15) is 8.42 Å². The lowest BCUT2D eigenvalue weighted by molar-refractivity contribution is 0.315. The molecule has 0 spiro atoms. The van der Waals surface area contributed by atoms with Gasteiger partial charge in [-0.1, -0.05) is 11.6 Å². The highest BCUT2D eigenvalue weighted by atomic mass is 127. The molecule has 0 N–H and O–H groups in total. The van der Waals surface area contributed by atoms with Crippen molar-refractivity contribution in [2.24, 2.45) is 7.05 Å². The van der Waals surface area contributed by atoms with Crippen LogP contribution in [0.15, 0.2) is 23.5 Å². The summed E-state index contributed by atoms with van der Waals surface area (Å²) in [5, 5.41) is 8.97. The number of rotatable bonds is 4. The Kier molecular flexibility index (Phi) is 5.27. The first-order chi connectivity index (χ1) is 13.3. The molecule has 0 unspecified atom stereocenters. The average Bonchev–Trinajstić information content (AvgIpc) is 3.23. The summed E-state index contributed by atoms with van der Waals surface area (Å²) in [6.45, 7) is 0.791. The van der Waals surface area contributed by atoms with Gasteiger partial charge in [-0.05, 0) is 46.9 Å². The summed E-state index contributed by atoms with van der Waals surface area (Å²) in [6.07, 6.45) is 4.69. The quantitative estimate of drug-likeness (QED) is 0.475. The highest BCUT2D eigenvalue weighted by Crippen LogP contribution is 2.37. The Labute approximate surface area is 180 Å². The normalized spacial score (nSPS) is 16.7. The van der Waals surface area contributed by atoms with Gasteiger partial charge in [0, 0.05) is 37.4 Å². The van der Waals surface area contributed by atoms with E-state index in [0.29, 0.717) is 40.3 Å². The third-order valence-corrected chi connectivity index (χ3v) is 8.37. The molecule has 1 saturated heterocycles. The number of nitrogens with zero attached hydrogens (tertiary/aromatic N) is 6. The highest BCUT2D eigenvalue weighted by molar-refractivity contribution is 14.1. The van der Waals surface area contributed by atoms with Crippen LogP contribution in [-0.4, -0.2) is 57.3 Å². The predicted molar refractivity (Wildman–Crippen MR) is 111 cm³/mol.